The third kappa shape index (κ3) is 3.27. The zero-order valence-corrected chi connectivity index (χ0v) is 12.8. The Labute approximate surface area is 114 Å². The lowest BCUT2D eigenvalue weighted by molar-refractivity contribution is 0.0365. The Morgan fingerprint density at radius 1 is 1.28 bits per heavy atom. The van der Waals surface area contributed by atoms with Crippen LogP contribution in [-0.2, 0) is 0 Å². The third-order valence-electron chi connectivity index (χ3n) is 5.06. The van der Waals surface area contributed by atoms with Gasteiger partial charge in [-0.3, -0.25) is 4.90 Å². The van der Waals surface area contributed by atoms with Crippen LogP contribution in [0.25, 0.3) is 0 Å². The highest BCUT2D eigenvalue weighted by Crippen LogP contribution is 2.41. The first kappa shape index (κ1) is 14.3. The molecular weight excluding hydrogens is 220 g/mol. The average molecular weight is 252 g/mol. The van der Waals surface area contributed by atoms with E-state index in [0.717, 1.165) is 18.0 Å². The molecule has 0 aromatic heterocycles. The molecule has 2 heteroatoms. The number of nitrogens with one attached hydrogen (secondary N) is 1. The average Bonchev–Trinajstić information content (AvgIpc) is 2.79. The van der Waals surface area contributed by atoms with E-state index in [2.05, 4.69) is 37.9 Å². The molecule has 3 unspecified atom stereocenters. The molecule has 1 N–H and O–H groups in total. The highest BCUT2D eigenvalue weighted by atomic mass is 15.2. The standard InChI is InChI=1S/C16H32N2/c1-5-10-18(14-7-9-17-12-14)15-6-8-16(3,4)11-13(15)2/h13-15,17H,5-12H2,1-4H3. The Morgan fingerprint density at radius 3 is 2.61 bits per heavy atom. The molecule has 0 amide bonds. The van der Waals surface area contributed by atoms with Crippen LogP contribution in [0.2, 0.25) is 0 Å². The molecule has 0 radical (unpaired) electrons. The Bertz CT molecular complexity index is 256. The molecule has 1 saturated heterocycles. The Balaban J connectivity index is 2.01. The smallest absolute Gasteiger partial charge is 0.0235 e. The Hall–Kier alpha value is -0.0800. The summed E-state index contributed by atoms with van der Waals surface area (Å²) in [6, 6.07) is 1.64. The van der Waals surface area contributed by atoms with Crippen LogP contribution in [0.15, 0.2) is 0 Å². The van der Waals surface area contributed by atoms with E-state index in [4.69, 9.17) is 0 Å². The molecule has 0 bridgehead atoms. The maximum atomic E-state index is 3.54. The molecular formula is C16H32N2. The molecule has 1 aliphatic heterocycles. The minimum atomic E-state index is 0.571. The van der Waals surface area contributed by atoms with E-state index in [9.17, 15) is 0 Å². The monoisotopic (exact) mass is 252 g/mol. The van der Waals surface area contributed by atoms with Crippen molar-refractivity contribution in [3.05, 3.63) is 0 Å². The number of rotatable bonds is 4. The lowest BCUT2D eigenvalue weighted by Crippen LogP contribution is -2.50. The SMILES string of the molecule is CCCN(C1CCNC1)C1CCC(C)(C)CC1C. The van der Waals surface area contributed by atoms with E-state index < -0.39 is 0 Å². The van der Waals surface area contributed by atoms with Crippen LogP contribution >= 0.6 is 0 Å². The van der Waals surface area contributed by atoms with Gasteiger partial charge in [-0.15, -0.1) is 0 Å². The molecule has 1 aliphatic carbocycles. The lowest BCUT2D eigenvalue weighted by atomic mass is 9.70. The van der Waals surface area contributed by atoms with E-state index in [0.29, 0.717) is 5.41 Å². The predicted octanol–water partition coefficient (Wildman–Crippen LogP) is 3.28. The summed E-state index contributed by atoms with van der Waals surface area (Å²) in [6.45, 7) is 13.4. The van der Waals surface area contributed by atoms with Crippen molar-refractivity contribution < 1.29 is 0 Å². The van der Waals surface area contributed by atoms with Crippen molar-refractivity contribution >= 4 is 0 Å². The van der Waals surface area contributed by atoms with Crippen LogP contribution in [0, 0.1) is 11.3 Å². The molecule has 2 nitrogen and oxygen atoms in total. The largest absolute Gasteiger partial charge is 0.315 e. The quantitative estimate of drug-likeness (QED) is 0.826. The van der Waals surface area contributed by atoms with E-state index >= 15 is 0 Å². The van der Waals surface area contributed by atoms with E-state index in [1.165, 1.54) is 51.7 Å². The molecule has 0 aromatic rings. The molecule has 1 heterocycles. The van der Waals surface area contributed by atoms with Crippen LogP contribution < -0.4 is 5.32 Å². The van der Waals surface area contributed by atoms with Crippen molar-refractivity contribution in [2.75, 3.05) is 19.6 Å². The second-order valence-electron chi connectivity index (χ2n) is 7.34. The Kier molecular flexibility index (Phi) is 4.71. The zero-order valence-electron chi connectivity index (χ0n) is 12.8. The van der Waals surface area contributed by atoms with Gasteiger partial charge in [0, 0.05) is 18.6 Å². The summed E-state index contributed by atoms with van der Waals surface area (Å²) < 4.78 is 0. The fourth-order valence-electron chi connectivity index (χ4n) is 4.23. The second kappa shape index (κ2) is 5.92. The fourth-order valence-corrected chi connectivity index (χ4v) is 4.23. The molecule has 0 aromatic carbocycles. The fraction of sp³-hybridized carbons (Fsp3) is 1.00. The topological polar surface area (TPSA) is 15.3 Å². The molecule has 1 saturated carbocycles. The van der Waals surface area contributed by atoms with Crippen molar-refractivity contribution in [3.8, 4) is 0 Å². The highest BCUT2D eigenvalue weighted by Gasteiger charge is 2.37. The summed E-state index contributed by atoms with van der Waals surface area (Å²) in [4.78, 5) is 2.85. The van der Waals surface area contributed by atoms with E-state index in [-0.39, 0.29) is 0 Å². The first-order valence-electron chi connectivity index (χ1n) is 8.00. The predicted molar refractivity (Wildman–Crippen MR) is 78.9 cm³/mol. The van der Waals surface area contributed by atoms with Gasteiger partial charge in [0.2, 0.25) is 0 Å². The Morgan fingerprint density at radius 2 is 2.06 bits per heavy atom. The zero-order chi connectivity index (χ0) is 13.2. The summed E-state index contributed by atoms with van der Waals surface area (Å²) in [6.07, 6.45) is 6.86. The van der Waals surface area contributed by atoms with Crippen LogP contribution in [-0.4, -0.2) is 36.6 Å². The lowest BCUT2D eigenvalue weighted by Gasteiger charge is -2.46. The highest BCUT2D eigenvalue weighted by molar-refractivity contribution is 4.92. The van der Waals surface area contributed by atoms with Crippen LogP contribution in [0.1, 0.15) is 59.8 Å². The molecule has 0 spiro atoms. The minimum absolute atomic E-state index is 0.571. The minimum Gasteiger partial charge on any atom is -0.315 e. The van der Waals surface area contributed by atoms with Gasteiger partial charge in [0.25, 0.3) is 0 Å². The molecule has 106 valence electrons. The molecule has 3 atom stereocenters. The van der Waals surface area contributed by atoms with Crippen molar-refractivity contribution in [2.24, 2.45) is 11.3 Å². The molecule has 2 aliphatic rings. The maximum Gasteiger partial charge on any atom is 0.0235 e. The van der Waals surface area contributed by atoms with Crippen LogP contribution in [0.5, 0.6) is 0 Å². The van der Waals surface area contributed by atoms with Gasteiger partial charge in [0.05, 0.1) is 0 Å². The summed E-state index contributed by atoms with van der Waals surface area (Å²) in [5.74, 6) is 0.862. The van der Waals surface area contributed by atoms with Crippen LogP contribution in [0.4, 0.5) is 0 Å². The van der Waals surface area contributed by atoms with Gasteiger partial charge in [-0.05, 0) is 56.5 Å². The maximum absolute atomic E-state index is 3.54. The molecule has 18 heavy (non-hydrogen) atoms. The van der Waals surface area contributed by atoms with Gasteiger partial charge >= 0.3 is 0 Å². The number of nitrogens with zero attached hydrogens (tertiary/aromatic N) is 1. The molecule has 2 rings (SSSR count). The van der Waals surface area contributed by atoms with Gasteiger partial charge < -0.3 is 5.32 Å². The first-order valence-corrected chi connectivity index (χ1v) is 8.00. The molecule has 2 fully saturated rings. The summed E-state index contributed by atoms with van der Waals surface area (Å²) in [5, 5.41) is 3.54. The summed E-state index contributed by atoms with van der Waals surface area (Å²) in [7, 11) is 0. The first-order chi connectivity index (χ1) is 8.53. The number of hydrogen-bond donors (Lipinski definition) is 1. The van der Waals surface area contributed by atoms with Gasteiger partial charge in [0.1, 0.15) is 0 Å². The normalized spacial score (nSPS) is 36.2. The van der Waals surface area contributed by atoms with Crippen molar-refractivity contribution in [2.45, 2.75) is 71.9 Å². The third-order valence-corrected chi connectivity index (χ3v) is 5.06. The van der Waals surface area contributed by atoms with Gasteiger partial charge in [-0.25, -0.2) is 0 Å². The van der Waals surface area contributed by atoms with E-state index in [1.54, 1.807) is 0 Å². The summed E-state index contributed by atoms with van der Waals surface area (Å²) >= 11 is 0. The summed E-state index contributed by atoms with van der Waals surface area (Å²) in [5.41, 5.74) is 0.571. The van der Waals surface area contributed by atoms with Crippen molar-refractivity contribution in [1.82, 2.24) is 10.2 Å². The number of hydrogen-bond acceptors (Lipinski definition) is 2. The van der Waals surface area contributed by atoms with E-state index in [1.807, 2.05) is 0 Å². The van der Waals surface area contributed by atoms with Gasteiger partial charge in [-0.1, -0.05) is 27.7 Å². The van der Waals surface area contributed by atoms with Crippen molar-refractivity contribution in [3.63, 3.8) is 0 Å². The second-order valence-corrected chi connectivity index (χ2v) is 7.34. The van der Waals surface area contributed by atoms with Gasteiger partial charge in [-0.2, -0.15) is 0 Å². The van der Waals surface area contributed by atoms with Gasteiger partial charge in [0.15, 0.2) is 0 Å². The van der Waals surface area contributed by atoms with Crippen molar-refractivity contribution in [1.29, 1.82) is 0 Å². The van der Waals surface area contributed by atoms with Crippen LogP contribution in [0.3, 0.4) is 0 Å².